The van der Waals surface area contributed by atoms with E-state index in [1.807, 2.05) is 0 Å². The summed E-state index contributed by atoms with van der Waals surface area (Å²) in [5, 5.41) is 0. The van der Waals surface area contributed by atoms with Crippen LogP contribution < -0.4 is 10.6 Å². The van der Waals surface area contributed by atoms with E-state index in [0.29, 0.717) is 5.92 Å². The van der Waals surface area contributed by atoms with Crippen LogP contribution in [0, 0.1) is 12.8 Å². The van der Waals surface area contributed by atoms with Gasteiger partial charge in [0.2, 0.25) is 0 Å². The largest absolute Gasteiger partial charge is 0.370 e. The normalized spacial score (nSPS) is 12.8. The van der Waals surface area contributed by atoms with Gasteiger partial charge in [-0.15, -0.1) is 0 Å². The molecule has 1 atom stereocenters. The SMILES string of the molecule is CCN(C[C@@H](N)CC(C)C)c1cccc(C)c1. The van der Waals surface area contributed by atoms with Gasteiger partial charge in [-0.25, -0.2) is 0 Å². The Morgan fingerprint density at radius 2 is 2.00 bits per heavy atom. The Hall–Kier alpha value is -1.02. The minimum atomic E-state index is 0.260. The van der Waals surface area contributed by atoms with E-state index in [1.54, 1.807) is 0 Å². The number of nitrogens with two attached hydrogens (primary N) is 1. The highest BCUT2D eigenvalue weighted by Gasteiger charge is 2.11. The molecule has 96 valence electrons. The molecule has 0 aliphatic rings. The third-order valence-corrected chi connectivity index (χ3v) is 2.98. The second-order valence-corrected chi connectivity index (χ2v) is 5.27. The molecule has 0 radical (unpaired) electrons. The molecule has 2 heteroatoms. The summed E-state index contributed by atoms with van der Waals surface area (Å²) in [7, 11) is 0. The first-order valence-corrected chi connectivity index (χ1v) is 6.60. The molecule has 0 fully saturated rings. The topological polar surface area (TPSA) is 29.3 Å². The van der Waals surface area contributed by atoms with Crippen LogP contribution in [0.3, 0.4) is 0 Å². The van der Waals surface area contributed by atoms with Crippen molar-refractivity contribution in [3.05, 3.63) is 29.8 Å². The Morgan fingerprint density at radius 1 is 1.29 bits per heavy atom. The van der Waals surface area contributed by atoms with Crippen molar-refractivity contribution in [2.45, 2.75) is 40.2 Å². The van der Waals surface area contributed by atoms with Crippen LogP contribution >= 0.6 is 0 Å². The summed E-state index contributed by atoms with van der Waals surface area (Å²) < 4.78 is 0. The second kappa shape index (κ2) is 6.65. The Labute approximate surface area is 106 Å². The van der Waals surface area contributed by atoms with Gasteiger partial charge in [-0.05, 0) is 43.9 Å². The summed E-state index contributed by atoms with van der Waals surface area (Å²) in [6.45, 7) is 10.7. The fraction of sp³-hybridized carbons (Fsp3) is 0.600. The lowest BCUT2D eigenvalue weighted by Gasteiger charge is -2.27. The molecule has 0 aliphatic carbocycles. The zero-order valence-electron chi connectivity index (χ0n) is 11.6. The van der Waals surface area contributed by atoms with E-state index < -0.39 is 0 Å². The van der Waals surface area contributed by atoms with Crippen LogP contribution in [0.1, 0.15) is 32.8 Å². The maximum atomic E-state index is 6.18. The number of aryl methyl sites for hydroxylation is 1. The molecule has 0 unspecified atom stereocenters. The third kappa shape index (κ3) is 4.78. The molecule has 0 saturated heterocycles. The summed E-state index contributed by atoms with van der Waals surface area (Å²) in [5.41, 5.74) is 8.77. The minimum absolute atomic E-state index is 0.260. The van der Waals surface area contributed by atoms with Crippen LogP contribution in [0.2, 0.25) is 0 Å². The van der Waals surface area contributed by atoms with Crippen LogP contribution in [0.25, 0.3) is 0 Å². The van der Waals surface area contributed by atoms with E-state index in [1.165, 1.54) is 11.3 Å². The highest BCUT2D eigenvalue weighted by molar-refractivity contribution is 5.48. The predicted octanol–water partition coefficient (Wildman–Crippen LogP) is 3.19. The highest BCUT2D eigenvalue weighted by Crippen LogP contribution is 2.16. The van der Waals surface area contributed by atoms with Crippen molar-refractivity contribution >= 4 is 5.69 Å². The first kappa shape index (κ1) is 14.0. The lowest BCUT2D eigenvalue weighted by atomic mass is 10.0. The number of hydrogen-bond donors (Lipinski definition) is 1. The maximum Gasteiger partial charge on any atom is 0.0369 e. The van der Waals surface area contributed by atoms with Crippen LogP contribution in [-0.2, 0) is 0 Å². The van der Waals surface area contributed by atoms with E-state index in [4.69, 9.17) is 5.73 Å². The Morgan fingerprint density at radius 3 is 2.53 bits per heavy atom. The molecule has 2 N–H and O–H groups in total. The monoisotopic (exact) mass is 234 g/mol. The predicted molar refractivity (Wildman–Crippen MR) is 76.5 cm³/mol. The molecule has 17 heavy (non-hydrogen) atoms. The van der Waals surface area contributed by atoms with Crippen LogP contribution in [0.15, 0.2) is 24.3 Å². The van der Waals surface area contributed by atoms with Crippen molar-refractivity contribution in [2.75, 3.05) is 18.0 Å². The molecule has 2 nitrogen and oxygen atoms in total. The first-order chi connectivity index (χ1) is 8.02. The lowest BCUT2D eigenvalue weighted by Crippen LogP contribution is -2.38. The summed E-state index contributed by atoms with van der Waals surface area (Å²) in [6, 6.07) is 8.90. The summed E-state index contributed by atoms with van der Waals surface area (Å²) in [4.78, 5) is 2.36. The number of likely N-dealkylation sites (N-methyl/N-ethyl adjacent to an activating group) is 1. The number of hydrogen-bond acceptors (Lipinski definition) is 2. The minimum Gasteiger partial charge on any atom is -0.370 e. The molecule has 0 aliphatic heterocycles. The zero-order chi connectivity index (χ0) is 12.8. The van der Waals surface area contributed by atoms with Crippen molar-refractivity contribution in [1.82, 2.24) is 0 Å². The highest BCUT2D eigenvalue weighted by atomic mass is 15.1. The molecule has 0 amide bonds. The van der Waals surface area contributed by atoms with Gasteiger partial charge in [-0.2, -0.15) is 0 Å². The molecular formula is C15H26N2. The van der Waals surface area contributed by atoms with Crippen molar-refractivity contribution in [3.8, 4) is 0 Å². The summed E-state index contributed by atoms with van der Waals surface area (Å²) in [6.07, 6.45) is 1.09. The number of nitrogens with zero attached hydrogens (tertiary/aromatic N) is 1. The van der Waals surface area contributed by atoms with Gasteiger partial charge >= 0.3 is 0 Å². The molecule has 0 saturated carbocycles. The van der Waals surface area contributed by atoms with Gasteiger partial charge in [0.15, 0.2) is 0 Å². The molecule has 1 rings (SSSR count). The smallest absolute Gasteiger partial charge is 0.0369 e. The van der Waals surface area contributed by atoms with Crippen LogP contribution in [0.5, 0.6) is 0 Å². The van der Waals surface area contributed by atoms with Crippen molar-refractivity contribution in [1.29, 1.82) is 0 Å². The van der Waals surface area contributed by atoms with Gasteiger partial charge in [0, 0.05) is 24.8 Å². The standard InChI is InChI=1S/C15H26N2/c1-5-17(11-14(16)9-12(2)3)15-8-6-7-13(4)10-15/h6-8,10,12,14H,5,9,11,16H2,1-4H3/t14-/m0/s1. The molecular weight excluding hydrogens is 208 g/mol. The first-order valence-electron chi connectivity index (χ1n) is 6.60. The number of anilines is 1. The molecule has 1 aromatic rings. The fourth-order valence-corrected chi connectivity index (χ4v) is 2.20. The van der Waals surface area contributed by atoms with Gasteiger partial charge in [-0.3, -0.25) is 0 Å². The quantitative estimate of drug-likeness (QED) is 0.819. The third-order valence-electron chi connectivity index (χ3n) is 2.98. The fourth-order valence-electron chi connectivity index (χ4n) is 2.20. The van der Waals surface area contributed by atoms with Crippen molar-refractivity contribution < 1.29 is 0 Å². The van der Waals surface area contributed by atoms with Gasteiger partial charge in [0.25, 0.3) is 0 Å². The second-order valence-electron chi connectivity index (χ2n) is 5.27. The molecule has 1 aromatic carbocycles. The van der Waals surface area contributed by atoms with E-state index in [0.717, 1.165) is 19.5 Å². The Kier molecular flexibility index (Phi) is 5.49. The van der Waals surface area contributed by atoms with Gasteiger partial charge in [0.05, 0.1) is 0 Å². The molecule has 0 heterocycles. The molecule has 0 spiro atoms. The molecule has 0 aromatic heterocycles. The van der Waals surface area contributed by atoms with Gasteiger partial charge in [0.1, 0.15) is 0 Å². The van der Waals surface area contributed by atoms with E-state index in [-0.39, 0.29) is 6.04 Å². The van der Waals surface area contributed by atoms with Gasteiger partial charge in [-0.1, -0.05) is 26.0 Å². The zero-order valence-corrected chi connectivity index (χ0v) is 11.6. The lowest BCUT2D eigenvalue weighted by molar-refractivity contribution is 0.491. The van der Waals surface area contributed by atoms with E-state index >= 15 is 0 Å². The Balaban J connectivity index is 2.65. The number of benzene rings is 1. The molecule has 0 bridgehead atoms. The van der Waals surface area contributed by atoms with E-state index in [9.17, 15) is 0 Å². The Bertz CT molecular complexity index is 333. The van der Waals surface area contributed by atoms with E-state index in [2.05, 4.69) is 56.9 Å². The van der Waals surface area contributed by atoms with Crippen LogP contribution in [-0.4, -0.2) is 19.1 Å². The number of rotatable bonds is 6. The summed E-state index contributed by atoms with van der Waals surface area (Å²) in [5.74, 6) is 0.668. The summed E-state index contributed by atoms with van der Waals surface area (Å²) >= 11 is 0. The van der Waals surface area contributed by atoms with Crippen molar-refractivity contribution in [2.24, 2.45) is 11.7 Å². The van der Waals surface area contributed by atoms with Crippen molar-refractivity contribution in [3.63, 3.8) is 0 Å². The average Bonchev–Trinajstić information content (AvgIpc) is 2.24. The maximum absolute atomic E-state index is 6.18. The average molecular weight is 234 g/mol. The van der Waals surface area contributed by atoms with Gasteiger partial charge < -0.3 is 10.6 Å². The van der Waals surface area contributed by atoms with Crippen LogP contribution in [0.4, 0.5) is 5.69 Å².